The largest absolute Gasteiger partial charge is 0.489 e. The normalized spacial score (nSPS) is 17.8. The molecule has 0 aromatic heterocycles. The van der Waals surface area contributed by atoms with E-state index in [4.69, 9.17) is 26.8 Å². The molecule has 1 aliphatic rings. The summed E-state index contributed by atoms with van der Waals surface area (Å²) in [4.78, 5) is 12.3. The van der Waals surface area contributed by atoms with E-state index in [1.165, 1.54) is 6.07 Å². The molecule has 0 spiro atoms. The second-order valence-corrected chi connectivity index (χ2v) is 5.28. The third-order valence-corrected chi connectivity index (χ3v) is 3.52. The molecule has 0 aliphatic carbocycles. The number of nitrogen functional groups attached to an aromatic ring is 1. The summed E-state index contributed by atoms with van der Waals surface area (Å²) in [6, 6.07) is 3.05. The highest BCUT2D eigenvalue weighted by atomic mass is 35.5. The predicted molar refractivity (Wildman–Crippen MR) is 86.5 cm³/mol. The van der Waals surface area contributed by atoms with Gasteiger partial charge in [0.25, 0.3) is 5.91 Å². The molecule has 4 N–H and O–H groups in total. The van der Waals surface area contributed by atoms with Gasteiger partial charge in [0.05, 0.1) is 29.0 Å². The molecule has 1 aromatic carbocycles. The Balaban J connectivity index is 2.06. The number of nitrogens with one attached hydrogen (secondary N) is 2. The van der Waals surface area contributed by atoms with E-state index >= 15 is 0 Å². The minimum atomic E-state index is -0.282. The molecule has 1 saturated heterocycles. The molecule has 1 unspecified atom stereocenters. The van der Waals surface area contributed by atoms with Crippen LogP contribution in [0.2, 0.25) is 5.02 Å². The van der Waals surface area contributed by atoms with E-state index in [1.54, 1.807) is 12.1 Å². The monoisotopic (exact) mass is 325 g/mol. The number of carbonyl (C=O) groups is 1. The number of hydrogen-bond acceptors (Lipinski definition) is 5. The lowest BCUT2D eigenvalue weighted by Crippen LogP contribution is -2.45. The summed E-state index contributed by atoms with van der Waals surface area (Å²) >= 11 is 6.00. The van der Waals surface area contributed by atoms with Crippen LogP contribution in [0.15, 0.2) is 24.8 Å². The Morgan fingerprint density at radius 1 is 1.64 bits per heavy atom. The molecule has 6 nitrogen and oxygen atoms in total. The number of ether oxygens (including phenoxy) is 2. The Morgan fingerprint density at radius 3 is 3.14 bits per heavy atom. The standard InChI is InChI=1S/C15H20ClN3O3/c1-2-4-22-14-7-13(17)12(16)6-11(14)15(20)19-9-10-8-18-3-5-21-10/h2,6-7,10,18H,1,3-5,8-9,17H2,(H,19,20). The molecule has 1 amide bonds. The second-order valence-electron chi connectivity index (χ2n) is 4.88. The quantitative estimate of drug-likeness (QED) is 0.540. The van der Waals surface area contributed by atoms with Gasteiger partial charge in [-0.1, -0.05) is 24.3 Å². The highest BCUT2D eigenvalue weighted by Gasteiger charge is 2.18. The van der Waals surface area contributed by atoms with Crippen LogP contribution < -0.4 is 21.1 Å². The van der Waals surface area contributed by atoms with Gasteiger partial charge in [0.1, 0.15) is 12.4 Å². The van der Waals surface area contributed by atoms with Gasteiger partial charge in [-0.3, -0.25) is 4.79 Å². The summed E-state index contributed by atoms with van der Waals surface area (Å²) in [6.07, 6.45) is 1.55. The Morgan fingerprint density at radius 2 is 2.45 bits per heavy atom. The van der Waals surface area contributed by atoms with Crippen molar-refractivity contribution in [2.24, 2.45) is 0 Å². The summed E-state index contributed by atoms with van der Waals surface area (Å²) in [7, 11) is 0. The van der Waals surface area contributed by atoms with Crippen LogP contribution in [0.4, 0.5) is 5.69 Å². The van der Waals surface area contributed by atoms with Crippen LogP contribution in [0.5, 0.6) is 5.75 Å². The third kappa shape index (κ3) is 4.37. The molecule has 7 heteroatoms. The molecule has 0 saturated carbocycles. The fourth-order valence-corrected chi connectivity index (χ4v) is 2.23. The van der Waals surface area contributed by atoms with Gasteiger partial charge in [0.2, 0.25) is 0 Å². The van der Waals surface area contributed by atoms with E-state index in [0.717, 1.165) is 6.54 Å². The molecule has 2 rings (SSSR count). The van der Waals surface area contributed by atoms with Crippen molar-refractivity contribution in [3.05, 3.63) is 35.4 Å². The van der Waals surface area contributed by atoms with Crippen LogP contribution in [-0.2, 0) is 4.74 Å². The maximum atomic E-state index is 12.3. The van der Waals surface area contributed by atoms with Crippen LogP contribution in [0.3, 0.4) is 0 Å². The highest BCUT2D eigenvalue weighted by molar-refractivity contribution is 6.33. The molecule has 0 bridgehead atoms. The average Bonchev–Trinajstić information content (AvgIpc) is 2.54. The summed E-state index contributed by atoms with van der Waals surface area (Å²) < 4.78 is 11.0. The van der Waals surface area contributed by atoms with Crippen molar-refractivity contribution in [3.63, 3.8) is 0 Å². The summed E-state index contributed by atoms with van der Waals surface area (Å²) in [5.74, 6) is 0.0946. The Bertz CT molecular complexity index is 545. The van der Waals surface area contributed by atoms with Crippen molar-refractivity contribution < 1.29 is 14.3 Å². The first kappa shape index (κ1) is 16.6. The van der Waals surface area contributed by atoms with Crippen molar-refractivity contribution in [2.45, 2.75) is 6.10 Å². The van der Waals surface area contributed by atoms with Gasteiger partial charge in [-0.15, -0.1) is 0 Å². The molecule has 1 aromatic rings. The molecule has 22 heavy (non-hydrogen) atoms. The minimum Gasteiger partial charge on any atom is -0.489 e. The zero-order valence-corrected chi connectivity index (χ0v) is 13.0. The molecule has 1 heterocycles. The lowest BCUT2D eigenvalue weighted by atomic mass is 10.1. The molecular formula is C15H20ClN3O3. The number of rotatable bonds is 6. The van der Waals surface area contributed by atoms with Crippen LogP contribution in [0, 0.1) is 0 Å². The fraction of sp³-hybridized carbons (Fsp3) is 0.400. The number of anilines is 1. The number of nitrogens with two attached hydrogens (primary N) is 1. The zero-order chi connectivity index (χ0) is 15.9. The first-order valence-electron chi connectivity index (χ1n) is 7.05. The Kier molecular flexibility index (Phi) is 6.06. The number of morpholine rings is 1. The zero-order valence-electron chi connectivity index (χ0n) is 12.2. The second kappa shape index (κ2) is 8.03. The molecule has 1 atom stereocenters. The maximum Gasteiger partial charge on any atom is 0.255 e. The Labute approximate surface area is 134 Å². The number of halogens is 1. The first-order chi connectivity index (χ1) is 10.6. The Hall–Kier alpha value is -1.76. The van der Waals surface area contributed by atoms with Gasteiger partial charge in [-0.25, -0.2) is 0 Å². The number of carbonyl (C=O) groups excluding carboxylic acids is 1. The lowest BCUT2D eigenvalue weighted by molar-refractivity contribution is 0.0287. The van der Waals surface area contributed by atoms with E-state index in [9.17, 15) is 4.79 Å². The summed E-state index contributed by atoms with van der Waals surface area (Å²) in [5.41, 5.74) is 6.45. The first-order valence-corrected chi connectivity index (χ1v) is 7.43. The SMILES string of the molecule is C=CCOc1cc(N)c(Cl)cc1C(=O)NCC1CNCCO1. The molecule has 1 fully saturated rings. The van der Waals surface area contributed by atoms with E-state index in [-0.39, 0.29) is 18.6 Å². The molecule has 120 valence electrons. The van der Waals surface area contributed by atoms with Crippen molar-refractivity contribution >= 4 is 23.2 Å². The topological polar surface area (TPSA) is 85.6 Å². The number of amides is 1. The van der Waals surface area contributed by atoms with Gasteiger partial charge >= 0.3 is 0 Å². The molecular weight excluding hydrogens is 306 g/mol. The van der Waals surface area contributed by atoms with Crippen molar-refractivity contribution in [2.75, 3.05) is 38.6 Å². The minimum absolute atomic E-state index is 0.0421. The maximum absolute atomic E-state index is 12.3. The lowest BCUT2D eigenvalue weighted by Gasteiger charge is -2.24. The van der Waals surface area contributed by atoms with Crippen LogP contribution in [-0.4, -0.2) is 44.9 Å². The van der Waals surface area contributed by atoms with Gasteiger partial charge < -0.3 is 25.8 Å². The molecule has 0 radical (unpaired) electrons. The number of benzene rings is 1. The van der Waals surface area contributed by atoms with Crippen molar-refractivity contribution in [1.82, 2.24) is 10.6 Å². The third-order valence-electron chi connectivity index (χ3n) is 3.19. The van der Waals surface area contributed by atoms with Crippen molar-refractivity contribution in [1.29, 1.82) is 0 Å². The highest BCUT2D eigenvalue weighted by Crippen LogP contribution is 2.29. The summed E-state index contributed by atoms with van der Waals surface area (Å²) in [5, 5.41) is 6.34. The van der Waals surface area contributed by atoms with Gasteiger partial charge in [0, 0.05) is 25.7 Å². The average molecular weight is 326 g/mol. The fourth-order valence-electron chi connectivity index (χ4n) is 2.07. The van der Waals surface area contributed by atoms with Gasteiger partial charge in [-0.2, -0.15) is 0 Å². The predicted octanol–water partition coefficient (Wildman–Crippen LogP) is 1.21. The van der Waals surface area contributed by atoms with Crippen molar-refractivity contribution in [3.8, 4) is 5.75 Å². The molecule has 1 aliphatic heterocycles. The number of hydrogen-bond donors (Lipinski definition) is 3. The van der Waals surface area contributed by atoms with E-state index in [0.29, 0.717) is 41.7 Å². The van der Waals surface area contributed by atoms with Crippen LogP contribution >= 0.6 is 11.6 Å². The van der Waals surface area contributed by atoms with E-state index < -0.39 is 0 Å². The van der Waals surface area contributed by atoms with Crippen LogP contribution in [0.25, 0.3) is 0 Å². The smallest absolute Gasteiger partial charge is 0.255 e. The summed E-state index contributed by atoms with van der Waals surface area (Å²) in [6.45, 7) is 6.45. The van der Waals surface area contributed by atoms with Gasteiger partial charge in [0.15, 0.2) is 0 Å². The van der Waals surface area contributed by atoms with E-state index in [1.807, 2.05) is 0 Å². The van der Waals surface area contributed by atoms with Crippen LogP contribution in [0.1, 0.15) is 10.4 Å². The van der Waals surface area contributed by atoms with Gasteiger partial charge in [-0.05, 0) is 6.07 Å². The van der Waals surface area contributed by atoms with E-state index in [2.05, 4.69) is 17.2 Å².